The minimum absolute atomic E-state index is 0.242. The summed E-state index contributed by atoms with van der Waals surface area (Å²) in [6, 6.07) is 22.2. The number of nitrogens with one attached hydrogen (secondary N) is 1. The number of benzene rings is 3. The largest absolute Gasteiger partial charge is 0.493 e. The van der Waals surface area contributed by atoms with Gasteiger partial charge in [0.1, 0.15) is 17.4 Å². The highest BCUT2D eigenvalue weighted by molar-refractivity contribution is 5.83. The number of aromatic nitrogens is 3. The van der Waals surface area contributed by atoms with E-state index in [1.54, 1.807) is 13.0 Å². The zero-order valence-corrected chi connectivity index (χ0v) is 25.9. The topological polar surface area (TPSA) is 45.0 Å². The summed E-state index contributed by atoms with van der Waals surface area (Å²) in [6.07, 6.45) is 9.34. The first-order valence-corrected chi connectivity index (χ1v) is 14.7. The van der Waals surface area contributed by atoms with Gasteiger partial charge in [0.2, 0.25) is 0 Å². The average molecular weight is 576 g/mol. The van der Waals surface area contributed by atoms with Crippen LogP contribution < -0.4 is 14.2 Å². The lowest BCUT2D eigenvalue weighted by molar-refractivity contribution is -0.709. The molecule has 0 aliphatic heterocycles. The number of aromatic amines is 1. The number of hydrogen-bond donors (Lipinski definition) is 1. The van der Waals surface area contributed by atoms with Gasteiger partial charge in [-0.25, -0.2) is 13.9 Å². The summed E-state index contributed by atoms with van der Waals surface area (Å²) in [5, 5.41) is 0. The number of nitrogens with zero attached hydrogens (tertiary/aromatic N) is 3. The highest BCUT2D eigenvalue weighted by Crippen LogP contribution is 2.28. The predicted molar refractivity (Wildman–Crippen MR) is 176 cm³/mol. The molecule has 0 fully saturated rings. The van der Waals surface area contributed by atoms with Crippen molar-refractivity contribution >= 4 is 28.9 Å². The fraction of sp³-hybridized carbons (Fsp3) is 0.243. The van der Waals surface area contributed by atoms with E-state index in [9.17, 15) is 4.39 Å². The van der Waals surface area contributed by atoms with E-state index in [0.717, 1.165) is 41.2 Å². The van der Waals surface area contributed by atoms with E-state index in [-0.39, 0.29) is 5.82 Å². The standard InChI is InChI=1S/C37H40FN4O/c1-25-22-32(16-17-33(25)37-39-35-19-18-34(38)28(4)36(35)40-37)43-21-9-20-42-26(2)23-30(24-27(42)3)11-8-7-10-29-12-14-31(15-13-29)41(5)6/h7-8,10-19,22-24H,9,20-21H2,1-6H3,(H,39,40)/q+1. The molecule has 5 rings (SSSR count). The lowest BCUT2D eigenvalue weighted by Crippen LogP contribution is -2.41. The Labute approximate surface area is 254 Å². The molecule has 3 aromatic carbocycles. The van der Waals surface area contributed by atoms with Crippen LogP contribution in [-0.4, -0.2) is 30.7 Å². The van der Waals surface area contributed by atoms with Crippen molar-refractivity contribution in [2.45, 2.75) is 40.7 Å². The molecule has 0 saturated carbocycles. The normalized spacial score (nSPS) is 11.7. The van der Waals surface area contributed by atoms with Crippen LogP contribution in [0.5, 0.6) is 5.75 Å². The van der Waals surface area contributed by atoms with E-state index in [4.69, 9.17) is 4.74 Å². The van der Waals surface area contributed by atoms with Crippen LogP contribution in [0.2, 0.25) is 0 Å². The Bertz CT molecular complexity index is 1780. The fourth-order valence-electron chi connectivity index (χ4n) is 5.34. The van der Waals surface area contributed by atoms with E-state index in [0.29, 0.717) is 17.7 Å². The molecule has 220 valence electrons. The van der Waals surface area contributed by atoms with E-state index in [1.807, 2.05) is 39.2 Å². The Morgan fingerprint density at radius 2 is 1.56 bits per heavy atom. The molecule has 0 aliphatic rings. The van der Waals surface area contributed by atoms with Gasteiger partial charge in [-0.1, -0.05) is 36.4 Å². The third-order valence-electron chi connectivity index (χ3n) is 7.79. The van der Waals surface area contributed by atoms with Crippen LogP contribution in [0.25, 0.3) is 34.6 Å². The lowest BCUT2D eigenvalue weighted by atomic mass is 10.1. The Morgan fingerprint density at radius 1 is 0.860 bits per heavy atom. The van der Waals surface area contributed by atoms with E-state index in [2.05, 4.69) is 94.0 Å². The molecule has 0 amide bonds. The summed E-state index contributed by atoms with van der Waals surface area (Å²) in [5.41, 5.74) is 10.1. The third kappa shape index (κ3) is 7.03. The smallest absolute Gasteiger partial charge is 0.179 e. The van der Waals surface area contributed by atoms with Crippen LogP contribution in [0.15, 0.2) is 78.9 Å². The highest BCUT2D eigenvalue weighted by atomic mass is 19.1. The highest BCUT2D eigenvalue weighted by Gasteiger charge is 2.14. The molecule has 1 N–H and O–H groups in total. The summed E-state index contributed by atoms with van der Waals surface area (Å²) in [5.74, 6) is 1.33. The van der Waals surface area contributed by atoms with E-state index >= 15 is 0 Å². The molecule has 5 aromatic rings. The number of aryl methyl sites for hydroxylation is 4. The minimum Gasteiger partial charge on any atom is -0.493 e. The van der Waals surface area contributed by atoms with Gasteiger partial charge < -0.3 is 14.6 Å². The van der Waals surface area contributed by atoms with Crippen LogP contribution in [0.3, 0.4) is 0 Å². The van der Waals surface area contributed by atoms with E-state index in [1.165, 1.54) is 34.3 Å². The van der Waals surface area contributed by atoms with Gasteiger partial charge >= 0.3 is 0 Å². The number of halogens is 1. The summed E-state index contributed by atoms with van der Waals surface area (Å²) >= 11 is 0. The van der Waals surface area contributed by atoms with Crippen LogP contribution in [0.1, 0.15) is 40.1 Å². The molecule has 0 spiro atoms. The minimum atomic E-state index is -0.242. The molecular weight excluding hydrogens is 535 g/mol. The van der Waals surface area contributed by atoms with Gasteiger partial charge in [-0.15, -0.1) is 0 Å². The number of H-pyrrole nitrogens is 1. The maximum absolute atomic E-state index is 14.0. The number of imidazole rings is 1. The first-order chi connectivity index (χ1) is 20.7. The monoisotopic (exact) mass is 575 g/mol. The van der Waals surface area contributed by atoms with Crippen molar-refractivity contribution in [2.75, 3.05) is 25.6 Å². The number of allylic oxidation sites excluding steroid dienone is 2. The van der Waals surface area contributed by atoms with Crippen molar-refractivity contribution in [1.82, 2.24) is 9.97 Å². The molecule has 0 radical (unpaired) electrons. The van der Waals surface area contributed by atoms with Crippen molar-refractivity contribution in [3.05, 3.63) is 118 Å². The summed E-state index contributed by atoms with van der Waals surface area (Å²) in [7, 11) is 4.10. The van der Waals surface area contributed by atoms with Crippen molar-refractivity contribution in [3.63, 3.8) is 0 Å². The van der Waals surface area contributed by atoms with Crippen molar-refractivity contribution in [1.29, 1.82) is 0 Å². The molecule has 6 heteroatoms. The molecule has 0 unspecified atom stereocenters. The molecule has 5 nitrogen and oxygen atoms in total. The first kappa shape index (κ1) is 29.8. The Hall–Kier alpha value is -4.71. The zero-order valence-electron chi connectivity index (χ0n) is 25.9. The van der Waals surface area contributed by atoms with Gasteiger partial charge in [0.15, 0.2) is 17.9 Å². The summed E-state index contributed by atoms with van der Waals surface area (Å²) in [4.78, 5) is 10.1. The molecule has 0 aliphatic carbocycles. The van der Waals surface area contributed by atoms with Gasteiger partial charge in [0, 0.05) is 63.3 Å². The second kappa shape index (κ2) is 13.1. The number of hydrogen-bond acceptors (Lipinski definition) is 3. The lowest BCUT2D eigenvalue weighted by Gasteiger charge is -2.11. The third-order valence-corrected chi connectivity index (χ3v) is 7.79. The van der Waals surface area contributed by atoms with Gasteiger partial charge in [-0.05, 0) is 73.0 Å². The average Bonchev–Trinajstić information content (AvgIpc) is 3.41. The molecule has 0 saturated heterocycles. The zero-order chi connectivity index (χ0) is 30.5. The molecular formula is C37H40FN4O+. The quantitative estimate of drug-likeness (QED) is 0.104. The second-order valence-corrected chi connectivity index (χ2v) is 11.3. The summed E-state index contributed by atoms with van der Waals surface area (Å²) in [6.45, 7) is 9.61. The number of ether oxygens (including phenoxy) is 1. The van der Waals surface area contributed by atoms with Gasteiger partial charge in [0.25, 0.3) is 0 Å². The van der Waals surface area contributed by atoms with Crippen LogP contribution in [-0.2, 0) is 6.54 Å². The second-order valence-electron chi connectivity index (χ2n) is 11.3. The van der Waals surface area contributed by atoms with Gasteiger partial charge in [0.05, 0.1) is 17.6 Å². The maximum Gasteiger partial charge on any atom is 0.179 e. The van der Waals surface area contributed by atoms with Gasteiger partial charge in [-0.2, -0.15) is 0 Å². The van der Waals surface area contributed by atoms with Crippen LogP contribution in [0.4, 0.5) is 10.1 Å². The van der Waals surface area contributed by atoms with Gasteiger partial charge in [-0.3, -0.25) is 0 Å². The molecule has 43 heavy (non-hydrogen) atoms. The number of anilines is 1. The number of pyridine rings is 1. The Morgan fingerprint density at radius 3 is 2.23 bits per heavy atom. The molecule has 2 heterocycles. The van der Waals surface area contributed by atoms with Crippen LogP contribution in [0, 0.1) is 33.5 Å². The predicted octanol–water partition coefficient (Wildman–Crippen LogP) is 8.15. The van der Waals surface area contributed by atoms with Crippen molar-refractivity contribution in [3.8, 4) is 17.1 Å². The first-order valence-electron chi connectivity index (χ1n) is 14.7. The van der Waals surface area contributed by atoms with Crippen LogP contribution >= 0.6 is 0 Å². The Kier molecular flexibility index (Phi) is 9.05. The number of fused-ring (bicyclic) bond motifs is 1. The molecule has 2 aromatic heterocycles. The van der Waals surface area contributed by atoms with E-state index < -0.39 is 0 Å². The number of rotatable bonds is 10. The summed E-state index contributed by atoms with van der Waals surface area (Å²) < 4.78 is 22.4. The SMILES string of the molecule is Cc1cc(OCCC[n+]2c(C)cc(/C=C/C=C/c3ccc(N(C)C)cc3)cc2C)ccc1-c1nc2c(C)c(F)ccc2[nH]1. The fourth-order valence-corrected chi connectivity index (χ4v) is 5.34. The molecule has 0 atom stereocenters. The van der Waals surface area contributed by atoms with Crippen molar-refractivity contribution < 1.29 is 13.7 Å². The Balaban J connectivity index is 1.15. The molecule has 0 bridgehead atoms. The maximum atomic E-state index is 14.0. The van der Waals surface area contributed by atoms with Crippen molar-refractivity contribution in [2.24, 2.45) is 0 Å².